The van der Waals surface area contributed by atoms with Crippen molar-refractivity contribution in [2.45, 2.75) is 31.3 Å². The van der Waals surface area contributed by atoms with E-state index in [1.165, 1.54) is 6.07 Å². The van der Waals surface area contributed by atoms with Crippen LogP contribution in [0.4, 0.5) is 5.82 Å². The van der Waals surface area contributed by atoms with Crippen LogP contribution in [0.1, 0.15) is 31.5 Å². The smallest absolute Gasteiger partial charge is 0.329 e. The van der Waals surface area contributed by atoms with Gasteiger partial charge < -0.3 is 19.7 Å². The molecule has 3 rings (SSSR count). The first-order valence-electron chi connectivity index (χ1n) is 6.67. The normalized spacial score (nSPS) is 20.6. The third kappa shape index (κ3) is 2.67. The van der Waals surface area contributed by atoms with Crippen molar-refractivity contribution in [3.05, 3.63) is 22.2 Å². The average Bonchev–Trinajstić information content (AvgIpc) is 3.16. The first-order valence-corrected chi connectivity index (χ1v) is 6.67. The zero-order valence-electron chi connectivity index (χ0n) is 11.3. The zero-order chi connectivity index (χ0) is 14.3. The topological polar surface area (TPSA) is 95.5 Å². The Bertz CT molecular complexity index is 588. The van der Waals surface area contributed by atoms with Crippen molar-refractivity contribution in [2.75, 3.05) is 24.6 Å². The molecule has 0 radical (unpaired) electrons. The van der Waals surface area contributed by atoms with Crippen LogP contribution in [0.15, 0.2) is 10.9 Å². The Kier molecular flexibility index (Phi) is 3.01. The van der Waals surface area contributed by atoms with Crippen LogP contribution >= 0.6 is 0 Å². The highest BCUT2D eigenvalue weighted by Crippen LogP contribution is 2.38. The lowest BCUT2D eigenvalue weighted by molar-refractivity contribution is -0.150. The Balaban J connectivity index is 1.67. The molecule has 20 heavy (non-hydrogen) atoms. The third-order valence-electron chi connectivity index (χ3n) is 3.63. The predicted molar refractivity (Wildman–Crippen MR) is 71.0 cm³/mol. The molecule has 2 heterocycles. The van der Waals surface area contributed by atoms with E-state index in [2.05, 4.69) is 9.97 Å². The lowest BCUT2D eigenvalue weighted by atomic mass is 9.96. The first-order chi connectivity index (χ1) is 9.45. The molecule has 0 spiro atoms. The standard InChI is InChI=1S/C13H17N3O4/c1-13(20-5-11(18)19)6-16(7-13)9-4-10(17)15-12(14-9)8-2-3-8/h4,8H,2-3,5-7H2,1H3,(H,18,19)(H,14,15,17). The molecule has 108 valence electrons. The molecule has 0 atom stereocenters. The molecule has 2 fully saturated rings. The monoisotopic (exact) mass is 279 g/mol. The Morgan fingerprint density at radius 2 is 2.30 bits per heavy atom. The number of rotatable bonds is 5. The molecule has 1 aromatic rings. The van der Waals surface area contributed by atoms with Crippen molar-refractivity contribution in [3.8, 4) is 0 Å². The number of aromatic amines is 1. The van der Waals surface area contributed by atoms with E-state index >= 15 is 0 Å². The molecular weight excluding hydrogens is 262 g/mol. The molecule has 0 bridgehead atoms. The molecular formula is C13H17N3O4. The molecule has 1 aromatic heterocycles. The number of hydrogen-bond acceptors (Lipinski definition) is 5. The number of anilines is 1. The maximum atomic E-state index is 11.6. The second-order valence-electron chi connectivity index (χ2n) is 5.75. The number of aromatic nitrogens is 2. The van der Waals surface area contributed by atoms with Gasteiger partial charge in [0.25, 0.3) is 5.56 Å². The summed E-state index contributed by atoms with van der Waals surface area (Å²) >= 11 is 0. The first kappa shape index (κ1) is 13.1. The number of H-pyrrole nitrogens is 1. The lowest BCUT2D eigenvalue weighted by Crippen LogP contribution is -2.62. The van der Waals surface area contributed by atoms with Crippen LogP contribution in [-0.4, -0.2) is 46.3 Å². The molecule has 1 aliphatic heterocycles. The van der Waals surface area contributed by atoms with Crippen LogP contribution in [0, 0.1) is 0 Å². The second kappa shape index (κ2) is 4.59. The van der Waals surface area contributed by atoms with E-state index in [1.807, 2.05) is 11.8 Å². The molecule has 0 unspecified atom stereocenters. The highest BCUT2D eigenvalue weighted by Gasteiger charge is 2.41. The van der Waals surface area contributed by atoms with Crippen LogP contribution in [0.5, 0.6) is 0 Å². The largest absolute Gasteiger partial charge is 0.480 e. The summed E-state index contributed by atoms with van der Waals surface area (Å²) in [4.78, 5) is 31.3. The second-order valence-corrected chi connectivity index (χ2v) is 5.75. The predicted octanol–water partition coefficient (Wildman–Crippen LogP) is 0.327. The minimum atomic E-state index is -0.977. The molecule has 0 aromatic carbocycles. The van der Waals surface area contributed by atoms with E-state index in [-0.39, 0.29) is 12.2 Å². The summed E-state index contributed by atoms with van der Waals surface area (Å²) in [6.45, 7) is 2.64. The van der Waals surface area contributed by atoms with Crippen LogP contribution in [-0.2, 0) is 9.53 Å². The van der Waals surface area contributed by atoms with Gasteiger partial charge in [-0.05, 0) is 19.8 Å². The van der Waals surface area contributed by atoms with E-state index in [0.29, 0.717) is 24.8 Å². The van der Waals surface area contributed by atoms with E-state index in [4.69, 9.17) is 9.84 Å². The van der Waals surface area contributed by atoms with E-state index in [9.17, 15) is 9.59 Å². The number of nitrogens with zero attached hydrogens (tertiary/aromatic N) is 2. The molecule has 7 nitrogen and oxygen atoms in total. The third-order valence-corrected chi connectivity index (χ3v) is 3.63. The number of carbonyl (C=O) groups is 1. The van der Waals surface area contributed by atoms with Gasteiger partial charge in [-0.25, -0.2) is 9.78 Å². The van der Waals surface area contributed by atoms with Crippen molar-refractivity contribution in [3.63, 3.8) is 0 Å². The van der Waals surface area contributed by atoms with Gasteiger partial charge in [0.2, 0.25) is 0 Å². The summed E-state index contributed by atoms with van der Waals surface area (Å²) in [5, 5.41) is 8.62. The Morgan fingerprint density at radius 1 is 1.60 bits per heavy atom. The van der Waals surface area contributed by atoms with E-state index in [1.54, 1.807) is 0 Å². The van der Waals surface area contributed by atoms with Crippen molar-refractivity contribution < 1.29 is 14.6 Å². The van der Waals surface area contributed by atoms with Gasteiger partial charge in [-0.3, -0.25) is 4.79 Å². The van der Waals surface area contributed by atoms with Crippen molar-refractivity contribution in [1.29, 1.82) is 0 Å². The fourth-order valence-electron chi connectivity index (χ4n) is 2.43. The highest BCUT2D eigenvalue weighted by molar-refractivity contribution is 5.68. The van der Waals surface area contributed by atoms with Gasteiger partial charge >= 0.3 is 5.97 Å². The molecule has 7 heteroatoms. The summed E-state index contributed by atoms with van der Waals surface area (Å²) in [5.74, 6) is 0.813. The van der Waals surface area contributed by atoms with E-state index < -0.39 is 11.6 Å². The quantitative estimate of drug-likeness (QED) is 0.806. The van der Waals surface area contributed by atoms with Gasteiger partial charge in [0.05, 0.1) is 0 Å². The van der Waals surface area contributed by atoms with Crippen molar-refractivity contribution >= 4 is 11.8 Å². The number of hydrogen-bond donors (Lipinski definition) is 2. The summed E-state index contributed by atoms with van der Waals surface area (Å²) in [5.41, 5.74) is -0.625. The number of ether oxygens (including phenoxy) is 1. The molecule has 1 aliphatic carbocycles. The number of carboxylic acids is 1. The van der Waals surface area contributed by atoms with Crippen LogP contribution < -0.4 is 10.5 Å². The van der Waals surface area contributed by atoms with Gasteiger partial charge in [0.15, 0.2) is 0 Å². The lowest BCUT2D eigenvalue weighted by Gasteiger charge is -2.47. The fourth-order valence-corrected chi connectivity index (χ4v) is 2.43. The van der Waals surface area contributed by atoms with Crippen molar-refractivity contribution in [2.24, 2.45) is 0 Å². The molecule has 2 aliphatic rings. The maximum Gasteiger partial charge on any atom is 0.329 e. The number of aliphatic carboxylic acids is 1. The average molecular weight is 279 g/mol. The van der Waals surface area contributed by atoms with E-state index in [0.717, 1.165) is 18.7 Å². The summed E-state index contributed by atoms with van der Waals surface area (Å²) < 4.78 is 5.34. The Labute approximate surface area is 115 Å². The van der Waals surface area contributed by atoms with Crippen LogP contribution in [0.3, 0.4) is 0 Å². The van der Waals surface area contributed by atoms with Gasteiger partial charge in [-0.15, -0.1) is 0 Å². The molecule has 1 saturated carbocycles. The molecule has 0 amide bonds. The van der Waals surface area contributed by atoms with Gasteiger partial charge in [-0.2, -0.15) is 0 Å². The van der Waals surface area contributed by atoms with Gasteiger partial charge in [0, 0.05) is 25.1 Å². The van der Waals surface area contributed by atoms with Gasteiger partial charge in [-0.1, -0.05) is 0 Å². The summed E-state index contributed by atoms with van der Waals surface area (Å²) in [7, 11) is 0. The molecule has 2 N–H and O–H groups in total. The number of carboxylic acid groups (broad SMARTS) is 1. The maximum absolute atomic E-state index is 11.6. The number of nitrogens with one attached hydrogen (secondary N) is 1. The minimum Gasteiger partial charge on any atom is -0.480 e. The SMILES string of the molecule is CC1(OCC(=O)O)CN(c2cc(=O)[nH]c(C3CC3)n2)C1. The van der Waals surface area contributed by atoms with Crippen LogP contribution in [0.2, 0.25) is 0 Å². The Hall–Kier alpha value is -1.89. The molecule has 1 saturated heterocycles. The van der Waals surface area contributed by atoms with Crippen molar-refractivity contribution in [1.82, 2.24) is 9.97 Å². The Morgan fingerprint density at radius 3 is 2.90 bits per heavy atom. The zero-order valence-corrected chi connectivity index (χ0v) is 11.3. The van der Waals surface area contributed by atoms with Gasteiger partial charge in [0.1, 0.15) is 23.9 Å². The summed E-state index contributed by atoms with van der Waals surface area (Å²) in [6, 6.07) is 1.47. The fraction of sp³-hybridized carbons (Fsp3) is 0.615. The highest BCUT2D eigenvalue weighted by atomic mass is 16.5. The summed E-state index contributed by atoms with van der Waals surface area (Å²) in [6.07, 6.45) is 2.15. The van der Waals surface area contributed by atoms with Crippen LogP contribution in [0.25, 0.3) is 0 Å². The minimum absolute atomic E-state index is 0.142.